The SMILES string of the molecule is CCCCCCn1cc[n+](C)c1.CCCCCCn1cc[n+](C)c1.O=C([O-])[O-]. The molecule has 160 valence electrons. The van der Waals surface area contributed by atoms with Gasteiger partial charge >= 0.3 is 0 Å². The minimum absolute atomic E-state index is 1.17. The summed E-state index contributed by atoms with van der Waals surface area (Å²) in [5.74, 6) is 0. The summed E-state index contributed by atoms with van der Waals surface area (Å²) in [6.45, 7) is 6.83. The molecular weight excluding hydrogens is 356 g/mol. The predicted octanol–water partition coefficient (Wildman–Crippen LogP) is 1.34. The predicted molar refractivity (Wildman–Crippen MR) is 105 cm³/mol. The number of aromatic nitrogens is 4. The standard InChI is InChI=1S/2C10H19N2.CH2O3/c2*1-3-4-5-6-7-12-9-8-11(2)10-12;2-1(3)4/h2*8-10H,3-7H2,1-2H3;(H2,2,3,4)/q2*+1;/p-2. The first-order valence-corrected chi connectivity index (χ1v) is 10.3. The van der Waals surface area contributed by atoms with E-state index in [-0.39, 0.29) is 0 Å². The van der Waals surface area contributed by atoms with Crippen LogP contribution in [-0.4, -0.2) is 15.3 Å². The van der Waals surface area contributed by atoms with E-state index in [9.17, 15) is 0 Å². The van der Waals surface area contributed by atoms with E-state index in [0.717, 1.165) is 0 Å². The van der Waals surface area contributed by atoms with Gasteiger partial charge in [0.2, 0.25) is 12.7 Å². The van der Waals surface area contributed by atoms with Crippen LogP contribution < -0.4 is 19.3 Å². The Bertz CT molecular complexity index is 570. The van der Waals surface area contributed by atoms with E-state index >= 15 is 0 Å². The molecule has 0 radical (unpaired) electrons. The van der Waals surface area contributed by atoms with Gasteiger partial charge in [-0.1, -0.05) is 39.5 Å². The zero-order valence-electron chi connectivity index (χ0n) is 18.0. The number of carbonyl (C=O) groups is 1. The van der Waals surface area contributed by atoms with Crippen molar-refractivity contribution in [1.29, 1.82) is 0 Å². The van der Waals surface area contributed by atoms with Crippen LogP contribution in [0.15, 0.2) is 37.4 Å². The van der Waals surface area contributed by atoms with Crippen molar-refractivity contribution in [3.8, 4) is 0 Å². The Morgan fingerprint density at radius 2 is 1.11 bits per heavy atom. The second-order valence-corrected chi connectivity index (χ2v) is 7.01. The molecule has 7 nitrogen and oxygen atoms in total. The van der Waals surface area contributed by atoms with Crippen molar-refractivity contribution < 1.29 is 24.1 Å². The van der Waals surface area contributed by atoms with E-state index in [0.29, 0.717) is 0 Å². The van der Waals surface area contributed by atoms with Gasteiger partial charge in [-0.05, 0) is 31.8 Å². The first-order valence-electron chi connectivity index (χ1n) is 10.3. The van der Waals surface area contributed by atoms with Gasteiger partial charge in [0.1, 0.15) is 24.8 Å². The molecule has 0 aliphatic heterocycles. The number of rotatable bonds is 10. The van der Waals surface area contributed by atoms with Crippen molar-refractivity contribution in [2.24, 2.45) is 14.1 Å². The summed E-state index contributed by atoms with van der Waals surface area (Å²) in [6.07, 6.45) is 21.1. The summed E-state index contributed by atoms with van der Waals surface area (Å²) in [6, 6.07) is 0. The zero-order chi connectivity index (χ0) is 21.2. The van der Waals surface area contributed by atoms with Crippen LogP contribution in [0.2, 0.25) is 0 Å². The molecule has 0 atom stereocenters. The molecule has 0 aliphatic rings. The first kappa shape index (κ1) is 25.7. The van der Waals surface area contributed by atoms with Gasteiger partial charge in [0.15, 0.2) is 0 Å². The molecule has 0 amide bonds. The highest BCUT2D eigenvalue weighted by Gasteiger charge is 1.99. The van der Waals surface area contributed by atoms with E-state index in [1.165, 1.54) is 64.5 Å². The quantitative estimate of drug-likeness (QED) is 0.450. The molecule has 0 aromatic carbocycles. The average Bonchev–Trinajstić information content (AvgIpc) is 3.24. The molecule has 2 aromatic rings. The van der Waals surface area contributed by atoms with Crippen LogP contribution in [0.1, 0.15) is 65.2 Å². The van der Waals surface area contributed by atoms with Gasteiger partial charge in [-0.25, -0.2) is 18.3 Å². The minimum atomic E-state index is -2.33. The molecule has 2 aromatic heterocycles. The topological polar surface area (TPSA) is 80.8 Å². The molecule has 0 aliphatic carbocycles. The number of aryl methyl sites for hydroxylation is 4. The molecule has 0 N–H and O–H groups in total. The number of imidazole rings is 2. The molecule has 7 heteroatoms. The Kier molecular flexibility index (Phi) is 15.4. The monoisotopic (exact) mass is 394 g/mol. The number of hydrogen-bond acceptors (Lipinski definition) is 3. The van der Waals surface area contributed by atoms with Crippen LogP contribution in [0.25, 0.3) is 0 Å². The number of nitrogens with zero attached hydrogens (tertiary/aromatic N) is 4. The van der Waals surface area contributed by atoms with E-state index in [4.69, 9.17) is 15.0 Å². The first-order chi connectivity index (χ1) is 13.4. The molecule has 28 heavy (non-hydrogen) atoms. The fourth-order valence-electron chi connectivity index (χ4n) is 2.71. The van der Waals surface area contributed by atoms with Crippen LogP contribution >= 0.6 is 0 Å². The fraction of sp³-hybridized carbons (Fsp3) is 0.667. The molecular formula is C21H38N4O3. The second kappa shape index (κ2) is 16.8. The lowest BCUT2D eigenvalue weighted by Crippen LogP contribution is -2.37. The van der Waals surface area contributed by atoms with Crippen molar-refractivity contribution in [3.05, 3.63) is 37.4 Å². The Hall–Kier alpha value is -2.31. The van der Waals surface area contributed by atoms with E-state index in [1.807, 2.05) is 0 Å². The maximum Gasteiger partial charge on any atom is 0.243 e. The Balaban J connectivity index is 0.000000439. The molecule has 0 saturated carbocycles. The van der Waals surface area contributed by atoms with Crippen LogP contribution in [0, 0.1) is 0 Å². The highest BCUT2D eigenvalue weighted by atomic mass is 16.6. The Morgan fingerprint density at radius 3 is 1.36 bits per heavy atom. The van der Waals surface area contributed by atoms with Crippen LogP contribution in [0.5, 0.6) is 0 Å². The summed E-state index contributed by atoms with van der Waals surface area (Å²) in [5.41, 5.74) is 0. The number of unbranched alkanes of at least 4 members (excludes halogenated alkanes) is 6. The van der Waals surface area contributed by atoms with Crippen LogP contribution in [-0.2, 0) is 27.2 Å². The summed E-state index contributed by atoms with van der Waals surface area (Å²) < 4.78 is 8.66. The number of carbonyl (C=O) groups excluding carboxylic acids is 1. The summed E-state index contributed by atoms with van der Waals surface area (Å²) in [7, 11) is 4.12. The normalized spacial score (nSPS) is 9.86. The van der Waals surface area contributed by atoms with E-state index in [1.54, 1.807) is 0 Å². The summed E-state index contributed by atoms with van der Waals surface area (Å²) in [4.78, 5) is 8.33. The minimum Gasteiger partial charge on any atom is -0.652 e. The van der Waals surface area contributed by atoms with Crippen LogP contribution in [0.4, 0.5) is 4.79 Å². The third-order valence-electron chi connectivity index (χ3n) is 4.19. The second-order valence-electron chi connectivity index (χ2n) is 7.01. The fourth-order valence-corrected chi connectivity index (χ4v) is 2.71. The number of hydrogen-bond donors (Lipinski definition) is 0. The average molecular weight is 395 g/mol. The summed E-state index contributed by atoms with van der Waals surface area (Å²) >= 11 is 0. The van der Waals surface area contributed by atoms with Gasteiger partial charge in [0.05, 0.1) is 27.2 Å². The van der Waals surface area contributed by atoms with Gasteiger partial charge in [0, 0.05) is 0 Å². The lowest BCUT2D eigenvalue weighted by Gasteiger charge is -1.96. The molecule has 2 heterocycles. The lowest BCUT2D eigenvalue weighted by molar-refractivity contribution is -0.671. The molecule has 2 rings (SSSR count). The molecule has 0 unspecified atom stereocenters. The van der Waals surface area contributed by atoms with Gasteiger partial charge < -0.3 is 15.0 Å². The summed E-state index contributed by atoms with van der Waals surface area (Å²) in [5, 5.41) is 16.7. The maximum absolute atomic E-state index is 8.33. The maximum atomic E-state index is 8.33. The van der Waals surface area contributed by atoms with Crippen LogP contribution in [0.3, 0.4) is 0 Å². The molecule has 0 fully saturated rings. The zero-order valence-corrected chi connectivity index (χ0v) is 18.0. The smallest absolute Gasteiger partial charge is 0.243 e. The van der Waals surface area contributed by atoms with Gasteiger partial charge in [-0.15, -0.1) is 0 Å². The van der Waals surface area contributed by atoms with Crippen molar-refractivity contribution in [1.82, 2.24) is 9.13 Å². The van der Waals surface area contributed by atoms with Crippen molar-refractivity contribution >= 4 is 6.16 Å². The lowest BCUT2D eigenvalue weighted by atomic mass is 10.2. The molecule has 0 spiro atoms. The Morgan fingerprint density at radius 1 is 0.750 bits per heavy atom. The largest absolute Gasteiger partial charge is 0.652 e. The molecule has 0 saturated heterocycles. The van der Waals surface area contributed by atoms with Gasteiger partial charge in [-0.3, -0.25) is 0 Å². The third kappa shape index (κ3) is 15.9. The van der Waals surface area contributed by atoms with E-state index < -0.39 is 6.16 Å². The highest BCUT2D eigenvalue weighted by Crippen LogP contribution is 2.01. The van der Waals surface area contributed by atoms with Gasteiger partial charge in [0.25, 0.3) is 0 Å². The van der Waals surface area contributed by atoms with Crippen molar-refractivity contribution in [2.45, 2.75) is 78.3 Å². The highest BCUT2D eigenvalue weighted by molar-refractivity contribution is 5.47. The third-order valence-corrected chi connectivity index (χ3v) is 4.19. The van der Waals surface area contributed by atoms with Crippen molar-refractivity contribution in [2.75, 3.05) is 0 Å². The molecule has 0 bridgehead atoms. The van der Waals surface area contributed by atoms with E-state index in [2.05, 4.69) is 83.7 Å². The number of carboxylic acid groups (broad SMARTS) is 2. The van der Waals surface area contributed by atoms with Crippen molar-refractivity contribution in [3.63, 3.8) is 0 Å². The Labute approximate surface area is 169 Å². The van der Waals surface area contributed by atoms with Gasteiger partial charge in [-0.2, -0.15) is 0 Å².